The minimum absolute atomic E-state index is 0.00856. The first-order chi connectivity index (χ1) is 14.4. The molecule has 0 aromatic heterocycles. The molecule has 0 saturated carbocycles. The van der Waals surface area contributed by atoms with Crippen molar-refractivity contribution in [2.45, 2.75) is 6.92 Å². The average molecular weight is 408 g/mol. The highest BCUT2D eigenvalue weighted by molar-refractivity contribution is 6.04. The summed E-state index contributed by atoms with van der Waals surface area (Å²) < 4.78 is 33.2. The van der Waals surface area contributed by atoms with Crippen LogP contribution in [0.25, 0.3) is 11.1 Å². The number of benzene rings is 3. The van der Waals surface area contributed by atoms with E-state index in [2.05, 4.69) is 5.32 Å². The first-order valence-electron chi connectivity index (χ1n) is 9.25. The Kier molecular flexibility index (Phi) is 4.95. The van der Waals surface area contributed by atoms with Gasteiger partial charge in [-0.05, 0) is 48.4 Å². The summed E-state index contributed by atoms with van der Waals surface area (Å²) in [5.74, 6) is -2.15. The highest BCUT2D eigenvalue weighted by Gasteiger charge is 2.25. The van der Waals surface area contributed by atoms with Gasteiger partial charge in [0.2, 0.25) is 0 Å². The van der Waals surface area contributed by atoms with Crippen LogP contribution in [-0.2, 0) is 4.79 Å². The molecule has 0 fully saturated rings. The van der Waals surface area contributed by atoms with E-state index >= 15 is 0 Å². The van der Waals surface area contributed by atoms with Crippen LogP contribution in [0.4, 0.5) is 20.2 Å². The summed E-state index contributed by atoms with van der Waals surface area (Å²) in [7, 11) is 1.71. The predicted octanol–water partition coefficient (Wildman–Crippen LogP) is 4.55. The number of hydrogen-bond acceptors (Lipinski definition) is 3. The Hall–Kier alpha value is -3.74. The third kappa shape index (κ3) is 3.39. The number of amides is 2. The Morgan fingerprint density at radius 3 is 2.37 bits per heavy atom. The predicted molar refractivity (Wildman–Crippen MR) is 110 cm³/mol. The second-order valence-electron chi connectivity index (χ2n) is 6.96. The van der Waals surface area contributed by atoms with E-state index in [1.165, 1.54) is 6.07 Å². The molecule has 3 aromatic rings. The van der Waals surface area contributed by atoms with Crippen LogP contribution in [0.1, 0.15) is 15.9 Å². The maximum atomic E-state index is 13.8. The van der Waals surface area contributed by atoms with Gasteiger partial charge >= 0.3 is 0 Å². The van der Waals surface area contributed by atoms with E-state index in [9.17, 15) is 18.4 Å². The number of likely N-dealkylation sites (N-methyl/N-ethyl adjacent to an activating group) is 1. The summed E-state index contributed by atoms with van der Waals surface area (Å²) >= 11 is 0. The monoisotopic (exact) mass is 408 g/mol. The molecule has 1 heterocycles. The van der Waals surface area contributed by atoms with Crippen molar-refractivity contribution < 1.29 is 23.1 Å². The second kappa shape index (κ2) is 7.59. The molecule has 4 rings (SSSR count). The van der Waals surface area contributed by atoms with Crippen molar-refractivity contribution in [3.05, 3.63) is 77.4 Å². The van der Waals surface area contributed by atoms with Gasteiger partial charge in [-0.3, -0.25) is 9.59 Å². The van der Waals surface area contributed by atoms with E-state index < -0.39 is 23.1 Å². The zero-order valence-corrected chi connectivity index (χ0v) is 16.3. The van der Waals surface area contributed by atoms with Crippen molar-refractivity contribution in [1.82, 2.24) is 0 Å². The summed E-state index contributed by atoms with van der Waals surface area (Å²) in [6.45, 7) is 1.90. The van der Waals surface area contributed by atoms with Gasteiger partial charge < -0.3 is 15.0 Å². The van der Waals surface area contributed by atoms with Crippen molar-refractivity contribution in [1.29, 1.82) is 0 Å². The van der Waals surface area contributed by atoms with E-state index in [1.54, 1.807) is 36.2 Å². The minimum Gasteiger partial charge on any atom is -0.481 e. The Morgan fingerprint density at radius 1 is 1.03 bits per heavy atom. The Morgan fingerprint density at radius 2 is 1.70 bits per heavy atom. The lowest BCUT2D eigenvalue weighted by Crippen LogP contribution is -2.35. The molecule has 1 aliphatic rings. The molecule has 3 aromatic carbocycles. The molecule has 0 saturated heterocycles. The molecule has 2 amide bonds. The molecule has 1 N–H and O–H groups in total. The van der Waals surface area contributed by atoms with Crippen LogP contribution in [-0.4, -0.2) is 25.5 Å². The molecule has 7 heteroatoms. The second-order valence-corrected chi connectivity index (χ2v) is 6.96. The number of carbonyl (C=O) groups is 2. The number of hydrogen-bond donors (Lipinski definition) is 1. The topological polar surface area (TPSA) is 58.6 Å². The number of carbonyl (C=O) groups excluding carboxylic acids is 2. The standard InChI is InChI=1S/C23H18F2N2O3/c1-13-16(10-11-19-22(13)30-12-20(28)27(19)2)14-6-8-15(9-7-14)26-23(29)21-17(24)4-3-5-18(21)25/h3-11H,12H2,1-2H3,(H,26,29). The highest BCUT2D eigenvalue weighted by atomic mass is 19.1. The fourth-order valence-corrected chi connectivity index (χ4v) is 3.44. The van der Waals surface area contributed by atoms with Gasteiger partial charge in [0.15, 0.2) is 6.61 Å². The summed E-state index contributed by atoms with van der Waals surface area (Å²) in [5.41, 5.74) is 3.16. The van der Waals surface area contributed by atoms with E-state index in [0.717, 1.165) is 28.8 Å². The molecule has 0 unspecified atom stereocenters. The van der Waals surface area contributed by atoms with Crippen LogP contribution in [0.2, 0.25) is 0 Å². The van der Waals surface area contributed by atoms with Gasteiger partial charge in [-0.1, -0.05) is 24.3 Å². The Labute approximate surface area is 171 Å². The quantitative estimate of drug-likeness (QED) is 0.692. The molecular formula is C23H18F2N2O3. The van der Waals surface area contributed by atoms with Crippen molar-refractivity contribution in [3.63, 3.8) is 0 Å². The molecule has 30 heavy (non-hydrogen) atoms. The fourth-order valence-electron chi connectivity index (χ4n) is 3.44. The molecule has 0 spiro atoms. The van der Waals surface area contributed by atoms with Gasteiger partial charge in [0.25, 0.3) is 11.8 Å². The highest BCUT2D eigenvalue weighted by Crippen LogP contribution is 2.40. The van der Waals surface area contributed by atoms with Gasteiger partial charge in [0, 0.05) is 18.3 Å². The van der Waals surface area contributed by atoms with Crippen LogP contribution in [0, 0.1) is 18.6 Å². The molecule has 0 aliphatic carbocycles. The third-order valence-electron chi connectivity index (χ3n) is 5.10. The molecule has 5 nitrogen and oxygen atoms in total. The Bertz CT molecular complexity index is 1140. The van der Waals surface area contributed by atoms with Gasteiger partial charge in [-0.15, -0.1) is 0 Å². The van der Waals surface area contributed by atoms with Crippen LogP contribution >= 0.6 is 0 Å². The van der Waals surface area contributed by atoms with E-state index in [1.807, 2.05) is 19.1 Å². The zero-order chi connectivity index (χ0) is 21.4. The smallest absolute Gasteiger partial charge is 0.264 e. The normalized spacial score (nSPS) is 12.9. The number of nitrogens with zero attached hydrogens (tertiary/aromatic N) is 1. The zero-order valence-electron chi connectivity index (χ0n) is 16.3. The van der Waals surface area contributed by atoms with E-state index in [0.29, 0.717) is 17.1 Å². The lowest BCUT2D eigenvalue weighted by Gasteiger charge is -2.28. The van der Waals surface area contributed by atoms with Crippen LogP contribution in [0.5, 0.6) is 5.75 Å². The van der Waals surface area contributed by atoms with Gasteiger partial charge in [-0.25, -0.2) is 8.78 Å². The van der Waals surface area contributed by atoms with Crippen molar-refractivity contribution in [2.24, 2.45) is 0 Å². The SMILES string of the molecule is Cc1c(-c2ccc(NC(=O)c3c(F)cccc3F)cc2)ccc2c1OCC(=O)N2C. The van der Waals surface area contributed by atoms with Crippen LogP contribution in [0.15, 0.2) is 54.6 Å². The minimum atomic E-state index is -0.919. The average Bonchev–Trinajstić information content (AvgIpc) is 2.72. The van der Waals surface area contributed by atoms with Crippen molar-refractivity contribution >= 4 is 23.2 Å². The molecular weight excluding hydrogens is 390 g/mol. The number of ether oxygens (including phenoxy) is 1. The summed E-state index contributed by atoms with van der Waals surface area (Å²) in [4.78, 5) is 25.6. The number of fused-ring (bicyclic) bond motifs is 1. The van der Waals surface area contributed by atoms with Gasteiger partial charge in [-0.2, -0.15) is 0 Å². The first-order valence-corrected chi connectivity index (χ1v) is 9.25. The lowest BCUT2D eigenvalue weighted by atomic mass is 9.98. The van der Waals surface area contributed by atoms with Gasteiger partial charge in [0.05, 0.1) is 5.69 Å². The van der Waals surface area contributed by atoms with E-state index in [-0.39, 0.29) is 12.5 Å². The van der Waals surface area contributed by atoms with Crippen molar-refractivity contribution in [2.75, 3.05) is 23.9 Å². The number of anilines is 2. The molecule has 0 bridgehead atoms. The summed E-state index contributed by atoms with van der Waals surface area (Å²) in [5, 5.41) is 2.51. The number of nitrogens with one attached hydrogen (secondary N) is 1. The van der Waals surface area contributed by atoms with Crippen molar-refractivity contribution in [3.8, 4) is 16.9 Å². The first kappa shape index (κ1) is 19.6. The maximum Gasteiger partial charge on any atom is 0.264 e. The summed E-state index contributed by atoms with van der Waals surface area (Å²) in [6.07, 6.45) is 0. The Balaban J connectivity index is 1.59. The molecule has 0 radical (unpaired) electrons. The molecule has 1 aliphatic heterocycles. The fraction of sp³-hybridized carbons (Fsp3) is 0.130. The number of rotatable bonds is 3. The lowest BCUT2D eigenvalue weighted by molar-refractivity contribution is -0.121. The van der Waals surface area contributed by atoms with Gasteiger partial charge in [0.1, 0.15) is 22.9 Å². The van der Waals surface area contributed by atoms with Crippen LogP contribution in [0.3, 0.4) is 0 Å². The number of halogens is 2. The van der Waals surface area contributed by atoms with E-state index in [4.69, 9.17) is 4.74 Å². The summed E-state index contributed by atoms with van der Waals surface area (Å²) in [6, 6.07) is 13.9. The third-order valence-corrected chi connectivity index (χ3v) is 5.10. The van der Waals surface area contributed by atoms with Crippen LogP contribution < -0.4 is 15.0 Å². The molecule has 152 valence electrons. The maximum absolute atomic E-state index is 13.8. The largest absolute Gasteiger partial charge is 0.481 e. The molecule has 0 atom stereocenters.